The van der Waals surface area contributed by atoms with Crippen molar-refractivity contribution in [1.82, 2.24) is 4.90 Å². The summed E-state index contributed by atoms with van der Waals surface area (Å²) in [6.45, 7) is 6.29. The standard InChI is InChI=1S/C8H17ClN2.ClH/c1-4-6-11(7-5-2)8(9)10-3;/h4-7H2,1-3H3;1H. The van der Waals surface area contributed by atoms with Crippen molar-refractivity contribution in [2.75, 3.05) is 20.1 Å². The molecule has 0 amide bonds. The fraction of sp³-hybridized carbons (Fsp3) is 0.875. The quantitative estimate of drug-likeness (QED) is 0.398. The van der Waals surface area contributed by atoms with Crippen molar-refractivity contribution < 1.29 is 0 Å². The molecule has 0 saturated heterocycles. The van der Waals surface area contributed by atoms with Crippen molar-refractivity contribution in [2.24, 2.45) is 4.99 Å². The van der Waals surface area contributed by atoms with E-state index in [9.17, 15) is 0 Å². The highest BCUT2D eigenvalue weighted by molar-refractivity contribution is 6.64. The minimum atomic E-state index is 0. The molecule has 0 aromatic rings. The second kappa shape index (κ2) is 9.14. The zero-order valence-corrected chi connectivity index (χ0v) is 9.58. The molecule has 0 aliphatic rings. The highest BCUT2D eigenvalue weighted by Gasteiger charge is 2.04. The molecule has 0 aromatic heterocycles. The molecule has 0 radical (unpaired) electrons. The molecule has 0 aromatic carbocycles. The van der Waals surface area contributed by atoms with E-state index in [1.54, 1.807) is 7.05 Å². The van der Waals surface area contributed by atoms with Crippen molar-refractivity contribution in [1.29, 1.82) is 0 Å². The van der Waals surface area contributed by atoms with Gasteiger partial charge >= 0.3 is 0 Å². The average molecular weight is 213 g/mol. The summed E-state index contributed by atoms with van der Waals surface area (Å²) in [6.07, 6.45) is 2.23. The molecule has 0 rings (SSSR count). The van der Waals surface area contributed by atoms with Gasteiger partial charge in [-0.15, -0.1) is 12.4 Å². The summed E-state index contributed by atoms with van der Waals surface area (Å²) in [6, 6.07) is 0. The van der Waals surface area contributed by atoms with Crippen LogP contribution in [-0.4, -0.2) is 30.3 Å². The van der Waals surface area contributed by atoms with E-state index < -0.39 is 0 Å². The van der Waals surface area contributed by atoms with Crippen molar-refractivity contribution in [3.63, 3.8) is 0 Å². The van der Waals surface area contributed by atoms with Crippen LogP contribution >= 0.6 is 24.0 Å². The maximum atomic E-state index is 5.86. The number of aliphatic imine (C=N–C) groups is 1. The Balaban J connectivity index is 0. The van der Waals surface area contributed by atoms with E-state index in [0.29, 0.717) is 5.29 Å². The lowest BCUT2D eigenvalue weighted by Crippen LogP contribution is -2.28. The Morgan fingerprint density at radius 3 is 1.92 bits per heavy atom. The minimum Gasteiger partial charge on any atom is -0.347 e. The molecule has 0 bridgehead atoms. The van der Waals surface area contributed by atoms with E-state index in [4.69, 9.17) is 11.6 Å². The molecule has 74 valence electrons. The van der Waals surface area contributed by atoms with Crippen LogP contribution in [0.15, 0.2) is 4.99 Å². The van der Waals surface area contributed by atoms with Crippen LogP contribution in [0.1, 0.15) is 26.7 Å². The molecule has 0 aliphatic carbocycles. The molecular formula is C8H18Cl2N2. The number of hydrogen-bond donors (Lipinski definition) is 0. The number of amidine groups is 1. The highest BCUT2D eigenvalue weighted by Crippen LogP contribution is 1.99. The van der Waals surface area contributed by atoms with E-state index in [2.05, 4.69) is 23.7 Å². The first-order chi connectivity index (χ1) is 5.26. The third-order valence-corrected chi connectivity index (χ3v) is 1.84. The topological polar surface area (TPSA) is 15.6 Å². The lowest BCUT2D eigenvalue weighted by molar-refractivity contribution is 0.423. The molecule has 0 spiro atoms. The van der Waals surface area contributed by atoms with E-state index in [0.717, 1.165) is 25.9 Å². The Morgan fingerprint density at radius 1 is 1.25 bits per heavy atom. The van der Waals surface area contributed by atoms with Gasteiger partial charge in [0.15, 0.2) is 5.29 Å². The Kier molecular flexibility index (Phi) is 11.1. The van der Waals surface area contributed by atoms with Crippen LogP contribution in [0.25, 0.3) is 0 Å². The summed E-state index contributed by atoms with van der Waals surface area (Å²) in [5.74, 6) is 0. The lowest BCUT2D eigenvalue weighted by Gasteiger charge is -2.20. The zero-order chi connectivity index (χ0) is 8.69. The maximum Gasteiger partial charge on any atom is 0.193 e. The molecule has 4 heteroatoms. The minimum absolute atomic E-state index is 0. The molecule has 0 N–H and O–H groups in total. The van der Waals surface area contributed by atoms with Crippen LogP contribution in [0.4, 0.5) is 0 Å². The van der Waals surface area contributed by atoms with Gasteiger partial charge in [0.25, 0.3) is 0 Å². The Labute approximate surface area is 86.4 Å². The summed E-state index contributed by atoms with van der Waals surface area (Å²) >= 11 is 5.86. The zero-order valence-electron chi connectivity index (χ0n) is 8.01. The molecule has 0 saturated carbocycles. The third-order valence-electron chi connectivity index (χ3n) is 1.43. The molecular weight excluding hydrogens is 195 g/mol. The second-order valence-corrected chi connectivity index (χ2v) is 2.82. The van der Waals surface area contributed by atoms with Gasteiger partial charge in [0.05, 0.1) is 0 Å². The summed E-state index contributed by atoms with van der Waals surface area (Å²) < 4.78 is 0. The van der Waals surface area contributed by atoms with Crippen LogP contribution in [-0.2, 0) is 0 Å². The van der Waals surface area contributed by atoms with Crippen LogP contribution in [0.3, 0.4) is 0 Å². The fourth-order valence-corrected chi connectivity index (χ4v) is 1.15. The van der Waals surface area contributed by atoms with Gasteiger partial charge in [0.1, 0.15) is 0 Å². The van der Waals surface area contributed by atoms with E-state index in [1.165, 1.54) is 0 Å². The normalized spacial score (nSPS) is 10.8. The van der Waals surface area contributed by atoms with E-state index in [1.807, 2.05) is 0 Å². The van der Waals surface area contributed by atoms with Gasteiger partial charge in [-0.25, -0.2) is 0 Å². The third kappa shape index (κ3) is 5.67. The Hall–Kier alpha value is 0.0500. The van der Waals surface area contributed by atoms with Gasteiger partial charge in [-0.05, 0) is 24.4 Å². The summed E-state index contributed by atoms with van der Waals surface area (Å²) in [7, 11) is 1.72. The average Bonchev–Trinajstić information content (AvgIpc) is 2.03. The fourth-order valence-electron chi connectivity index (χ4n) is 0.978. The SMILES string of the molecule is CCCN(CCC)C(Cl)=NC.Cl. The molecule has 0 aliphatic heterocycles. The summed E-state index contributed by atoms with van der Waals surface area (Å²) in [4.78, 5) is 6.03. The van der Waals surface area contributed by atoms with Crippen LogP contribution in [0.2, 0.25) is 0 Å². The van der Waals surface area contributed by atoms with Crippen molar-refractivity contribution in [3.8, 4) is 0 Å². The Bertz CT molecular complexity index is 120. The van der Waals surface area contributed by atoms with Crippen LogP contribution in [0.5, 0.6) is 0 Å². The summed E-state index contributed by atoms with van der Waals surface area (Å²) in [5.41, 5.74) is 0. The van der Waals surface area contributed by atoms with Gasteiger partial charge < -0.3 is 4.90 Å². The first-order valence-corrected chi connectivity index (χ1v) is 4.51. The van der Waals surface area contributed by atoms with Crippen molar-refractivity contribution in [3.05, 3.63) is 0 Å². The molecule has 0 heterocycles. The lowest BCUT2D eigenvalue weighted by atomic mass is 10.4. The highest BCUT2D eigenvalue weighted by atomic mass is 35.5. The molecule has 2 nitrogen and oxygen atoms in total. The molecule has 0 atom stereocenters. The number of hydrogen-bond acceptors (Lipinski definition) is 1. The smallest absolute Gasteiger partial charge is 0.193 e. The van der Waals surface area contributed by atoms with Crippen LogP contribution in [0, 0.1) is 0 Å². The van der Waals surface area contributed by atoms with Gasteiger partial charge in [-0.1, -0.05) is 13.8 Å². The molecule has 0 fully saturated rings. The van der Waals surface area contributed by atoms with Crippen LogP contribution < -0.4 is 0 Å². The first kappa shape index (κ1) is 14.6. The number of halogens is 2. The largest absolute Gasteiger partial charge is 0.347 e. The van der Waals surface area contributed by atoms with Crippen molar-refractivity contribution in [2.45, 2.75) is 26.7 Å². The number of nitrogens with zero attached hydrogens (tertiary/aromatic N) is 2. The van der Waals surface area contributed by atoms with Gasteiger partial charge in [-0.3, -0.25) is 4.99 Å². The summed E-state index contributed by atoms with van der Waals surface area (Å²) in [5, 5.41) is 0.633. The van der Waals surface area contributed by atoms with Crippen molar-refractivity contribution >= 4 is 29.3 Å². The predicted octanol–water partition coefficient (Wildman–Crippen LogP) is 2.75. The van der Waals surface area contributed by atoms with Gasteiger partial charge in [0.2, 0.25) is 0 Å². The molecule has 12 heavy (non-hydrogen) atoms. The molecule has 0 unspecified atom stereocenters. The Morgan fingerprint density at radius 2 is 1.67 bits per heavy atom. The first-order valence-electron chi connectivity index (χ1n) is 4.13. The van der Waals surface area contributed by atoms with Gasteiger partial charge in [0, 0.05) is 20.1 Å². The second-order valence-electron chi connectivity index (χ2n) is 2.48. The van der Waals surface area contributed by atoms with Gasteiger partial charge in [-0.2, -0.15) is 0 Å². The number of rotatable bonds is 4. The monoisotopic (exact) mass is 212 g/mol. The maximum absolute atomic E-state index is 5.86. The predicted molar refractivity (Wildman–Crippen MR) is 58.6 cm³/mol. The van der Waals surface area contributed by atoms with E-state index >= 15 is 0 Å². The van der Waals surface area contributed by atoms with E-state index in [-0.39, 0.29) is 12.4 Å².